The van der Waals surface area contributed by atoms with Gasteiger partial charge >= 0.3 is 5.97 Å². The Morgan fingerprint density at radius 2 is 2.00 bits per heavy atom. The van der Waals surface area contributed by atoms with Crippen molar-refractivity contribution >= 4 is 11.9 Å². The molecule has 1 amide bonds. The summed E-state index contributed by atoms with van der Waals surface area (Å²) in [5.41, 5.74) is 10.1. The van der Waals surface area contributed by atoms with Gasteiger partial charge < -0.3 is 16.3 Å². The van der Waals surface area contributed by atoms with Gasteiger partial charge in [-0.25, -0.2) is 10.2 Å². The number of hydrogen-bond donors (Lipinski definition) is 4. The monoisotopic (exact) mass is 211 g/mol. The van der Waals surface area contributed by atoms with Crippen LogP contribution in [-0.4, -0.2) is 22.5 Å². The van der Waals surface area contributed by atoms with E-state index in [4.69, 9.17) is 10.8 Å². The molecule has 6 heteroatoms. The van der Waals surface area contributed by atoms with Gasteiger partial charge in [0.15, 0.2) is 0 Å². The van der Waals surface area contributed by atoms with E-state index in [0.717, 1.165) is 25.0 Å². The fraction of sp³-hybridized carbons (Fsp3) is 0.556. The molecule has 0 saturated carbocycles. The van der Waals surface area contributed by atoms with Crippen molar-refractivity contribution in [2.45, 2.75) is 31.2 Å². The smallest absolute Gasteiger partial charge is 0.339 e. The Hall–Kier alpha value is -1.56. The third-order valence-electron chi connectivity index (χ3n) is 3.01. The van der Waals surface area contributed by atoms with Crippen LogP contribution >= 0.6 is 0 Å². The second-order valence-electron chi connectivity index (χ2n) is 3.83. The van der Waals surface area contributed by atoms with Gasteiger partial charge in [-0.05, 0) is 31.3 Å². The van der Waals surface area contributed by atoms with E-state index in [2.05, 4.69) is 10.9 Å². The van der Waals surface area contributed by atoms with E-state index in [1.165, 1.54) is 0 Å². The lowest BCUT2D eigenvalue weighted by molar-refractivity contribution is -0.147. The van der Waals surface area contributed by atoms with Gasteiger partial charge in [-0.15, -0.1) is 0 Å². The van der Waals surface area contributed by atoms with E-state index >= 15 is 0 Å². The molecule has 1 heterocycles. The van der Waals surface area contributed by atoms with Crippen LogP contribution in [-0.2, 0) is 9.59 Å². The predicted octanol–water partition coefficient (Wildman–Crippen LogP) is -0.769. The molecule has 6 nitrogen and oxygen atoms in total. The van der Waals surface area contributed by atoms with E-state index in [9.17, 15) is 9.59 Å². The normalized spacial score (nSPS) is 29.6. The molecule has 0 radical (unpaired) electrons. The zero-order valence-corrected chi connectivity index (χ0v) is 8.17. The van der Waals surface area contributed by atoms with Crippen molar-refractivity contribution < 1.29 is 14.7 Å². The van der Waals surface area contributed by atoms with Crippen molar-refractivity contribution in [3.63, 3.8) is 0 Å². The molecule has 0 saturated heterocycles. The number of primary amides is 1. The number of hydrogen-bond acceptors (Lipinski definition) is 4. The largest absolute Gasteiger partial charge is 0.479 e. The highest BCUT2D eigenvalue weighted by Gasteiger charge is 2.53. The standard InChI is InChI=1S/C9H13N3O3/c10-7(13)9(8(14)15)5-3-1-2-4-6(5)11-12-9/h11-12H,1-4H2,(H2,10,13)(H,14,15). The van der Waals surface area contributed by atoms with Gasteiger partial charge in [-0.2, -0.15) is 0 Å². The van der Waals surface area contributed by atoms with Crippen molar-refractivity contribution in [2.75, 3.05) is 0 Å². The minimum absolute atomic E-state index is 0.591. The number of rotatable bonds is 2. The van der Waals surface area contributed by atoms with Gasteiger partial charge in [0.05, 0.1) is 0 Å². The number of carboxylic acid groups (broad SMARTS) is 1. The fourth-order valence-electron chi connectivity index (χ4n) is 2.20. The Balaban J connectivity index is 2.47. The van der Waals surface area contributed by atoms with E-state index < -0.39 is 17.4 Å². The predicted molar refractivity (Wildman–Crippen MR) is 51.3 cm³/mol. The van der Waals surface area contributed by atoms with Gasteiger partial charge in [0, 0.05) is 5.70 Å². The second-order valence-corrected chi connectivity index (χ2v) is 3.83. The minimum atomic E-state index is -1.74. The van der Waals surface area contributed by atoms with Gasteiger partial charge in [0.2, 0.25) is 5.54 Å². The maximum Gasteiger partial charge on any atom is 0.339 e. The molecule has 1 unspecified atom stereocenters. The molecule has 0 fully saturated rings. The van der Waals surface area contributed by atoms with Crippen LogP contribution in [0.3, 0.4) is 0 Å². The Kier molecular flexibility index (Phi) is 2.15. The number of carbonyl (C=O) groups excluding carboxylic acids is 1. The molecule has 15 heavy (non-hydrogen) atoms. The summed E-state index contributed by atoms with van der Waals surface area (Å²) < 4.78 is 0. The summed E-state index contributed by atoms with van der Waals surface area (Å²) >= 11 is 0. The average molecular weight is 211 g/mol. The van der Waals surface area contributed by atoms with Gasteiger partial charge in [0.1, 0.15) is 0 Å². The zero-order chi connectivity index (χ0) is 11.1. The topological polar surface area (TPSA) is 104 Å². The highest BCUT2D eigenvalue weighted by molar-refractivity contribution is 6.10. The van der Waals surface area contributed by atoms with Crippen LogP contribution in [0.2, 0.25) is 0 Å². The third-order valence-corrected chi connectivity index (χ3v) is 3.01. The van der Waals surface area contributed by atoms with Gasteiger partial charge in [-0.1, -0.05) is 0 Å². The third kappa shape index (κ3) is 1.21. The first-order valence-electron chi connectivity index (χ1n) is 4.88. The number of carbonyl (C=O) groups is 2. The highest BCUT2D eigenvalue weighted by Crippen LogP contribution is 2.34. The molecule has 1 atom stereocenters. The Morgan fingerprint density at radius 1 is 1.33 bits per heavy atom. The van der Waals surface area contributed by atoms with Crippen LogP contribution in [0.1, 0.15) is 25.7 Å². The summed E-state index contributed by atoms with van der Waals surface area (Å²) in [5, 5.41) is 9.14. The maximum absolute atomic E-state index is 11.3. The molecular formula is C9H13N3O3. The van der Waals surface area contributed by atoms with Crippen LogP contribution < -0.4 is 16.6 Å². The SMILES string of the molecule is NC(=O)C1(C(=O)O)NNC2=C1CCCC2. The summed E-state index contributed by atoms with van der Waals surface area (Å²) in [5.74, 6) is -2.11. The van der Waals surface area contributed by atoms with Crippen LogP contribution in [0, 0.1) is 0 Å². The molecule has 2 rings (SSSR count). The molecule has 0 bridgehead atoms. The zero-order valence-electron chi connectivity index (χ0n) is 8.17. The number of allylic oxidation sites excluding steroid dienone is 1. The molecule has 2 aliphatic rings. The number of amides is 1. The number of hydrazine groups is 1. The lowest BCUT2D eigenvalue weighted by Crippen LogP contribution is -2.61. The van der Waals surface area contributed by atoms with Crippen molar-refractivity contribution in [1.29, 1.82) is 0 Å². The fourth-order valence-corrected chi connectivity index (χ4v) is 2.20. The van der Waals surface area contributed by atoms with Crippen molar-refractivity contribution in [3.8, 4) is 0 Å². The summed E-state index contributed by atoms with van der Waals surface area (Å²) in [6.07, 6.45) is 3.27. The summed E-state index contributed by atoms with van der Waals surface area (Å²) in [4.78, 5) is 22.5. The van der Waals surface area contributed by atoms with Crippen LogP contribution in [0.15, 0.2) is 11.3 Å². The van der Waals surface area contributed by atoms with E-state index in [1.54, 1.807) is 0 Å². The minimum Gasteiger partial charge on any atom is -0.479 e. The van der Waals surface area contributed by atoms with Crippen LogP contribution in [0.4, 0.5) is 0 Å². The van der Waals surface area contributed by atoms with Gasteiger partial charge in [-0.3, -0.25) is 4.79 Å². The summed E-state index contributed by atoms with van der Waals surface area (Å²) in [6.45, 7) is 0. The average Bonchev–Trinajstić information content (AvgIpc) is 2.57. The van der Waals surface area contributed by atoms with Crippen molar-refractivity contribution in [1.82, 2.24) is 10.9 Å². The molecule has 1 aliphatic heterocycles. The Morgan fingerprint density at radius 3 is 2.60 bits per heavy atom. The Labute approximate surface area is 86.5 Å². The van der Waals surface area contributed by atoms with Gasteiger partial charge in [0.25, 0.3) is 5.91 Å². The molecule has 0 aromatic rings. The molecule has 0 aromatic carbocycles. The van der Waals surface area contributed by atoms with Crippen molar-refractivity contribution in [3.05, 3.63) is 11.3 Å². The first-order valence-corrected chi connectivity index (χ1v) is 4.88. The number of aliphatic carboxylic acids is 1. The highest BCUT2D eigenvalue weighted by atomic mass is 16.4. The number of nitrogens with one attached hydrogen (secondary N) is 2. The van der Waals surface area contributed by atoms with E-state index in [1.807, 2.05) is 0 Å². The molecular weight excluding hydrogens is 198 g/mol. The van der Waals surface area contributed by atoms with Crippen LogP contribution in [0.5, 0.6) is 0 Å². The second kappa shape index (κ2) is 3.23. The molecule has 5 N–H and O–H groups in total. The number of carboxylic acids is 1. The summed E-state index contributed by atoms with van der Waals surface area (Å²) in [6, 6.07) is 0. The lowest BCUT2D eigenvalue weighted by atomic mass is 9.82. The first-order chi connectivity index (χ1) is 7.09. The molecule has 82 valence electrons. The Bertz CT molecular complexity index is 348. The molecule has 0 spiro atoms. The molecule has 0 aromatic heterocycles. The molecule has 1 aliphatic carbocycles. The summed E-state index contributed by atoms with van der Waals surface area (Å²) in [7, 11) is 0. The lowest BCUT2D eigenvalue weighted by Gasteiger charge is -2.24. The first kappa shape index (κ1) is 9.97. The quantitative estimate of drug-likeness (QED) is 0.449. The van der Waals surface area contributed by atoms with Crippen molar-refractivity contribution in [2.24, 2.45) is 5.73 Å². The van der Waals surface area contributed by atoms with E-state index in [0.29, 0.717) is 12.0 Å². The van der Waals surface area contributed by atoms with E-state index in [-0.39, 0.29) is 0 Å². The number of nitrogens with two attached hydrogens (primary N) is 1. The van der Waals surface area contributed by atoms with Crippen LogP contribution in [0.25, 0.3) is 0 Å². The maximum atomic E-state index is 11.3.